The molecule has 1 saturated heterocycles. The second-order valence-electron chi connectivity index (χ2n) is 4.41. The van der Waals surface area contributed by atoms with Crippen molar-refractivity contribution in [3.05, 3.63) is 17.6 Å². The summed E-state index contributed by atoms with van der Waals surface area (Å²) in [4.78, 5) is 8.71. The zero-order chi connectivity index (χ0) is 10.8. The van der Waals surface area contributed by atoms with E-state index >= 15 is 0 Å². The highest BCUT2D eigenvalue weighted by molar-refractivity contribution is 5.47. The van der Waals surface area contributed by atoms with Gasteiger partial charge in [-0.05, 0) is 13.0 Å². The normalized spacial score (nSPS) is 24.1. The largest absolute Gasteiger partial charge is 0.366 e. The molecule has 3 N–H and O–H groups in total. The third-order valence-electron chi connectivity index (χ3n) is 3.28. The molecule has 3 rings (SSSR count). The van der Waals surface area contributed by atoms with Crippen molar-refractivity contribution in [2.75, 3.05) is 25.0 Å². The minimum Gasteiger partial charge on any atom is -0.366 e. The molecule has 0 spiro atoms. The first kappa shape index (κ1) is 9.99. The van der Waals surface area contributed by atoms with Crippen LogP contribution < -0.4 is 16.0 Å². The molecule has 3 heterocycles. The molecule has 5 nitrogen and oxygen atoms in total. The lowest BCUT2D eigenvalue weighted by molar-refractivity contribution is 0.625. The Hall–Kier alpha value is -1.20. The van der Waals surface area contributed by atoms with Crippen LogP contribution in [-0.2, 0) is 13.0 Å². The lowest BCUT2D eigenvalue weighted by Gasteiger charge is -2.21. The van der Waals surface area contributed by atoms with Crippen LogP contribution in [0.5, 0.6) is 0 Å². The molecular formula is C11H17N5. The molecule has 1 fully saturated rings. The molecule has 2 aliphatic heterocycles. The molecule has 86 valence electrons. The number of nitrogens with one attached hydrogen (secondary N) is 3. The smallest absolute Gasteiger partial charge is 0.134 e. The summed E-state index contributed by atoms with van der Waals surface area (Å²) < 4.78 is 0. The summed E-state index contributed by atoms with van der Waals surface area (Å²) in [6, 6.07) is 0.515. The fraction of sp³-hybridized carbons (Fsp3) is 0.636. The molecule has 5 heteroatoms. The van der Waals surface area contributed by atoms with Crippen LogP contribution in [0.4, 0.5) is 5.82 Å². The highest BCUT2D eigenvalue weighted by atomic mass is 15.1. The maximum absolute atomic E-state index is 4.37. The fourth-order valence-electron chi connectivity index (χ4n) is 2.37. The van der Waals surface area contributed by atoms with E-state index in [0.29, 0.717) is 6.04 Å². The lowest BCUT2D eigenvalue weighted by atomic mass is 10.1. The number of anilines is 1. The maximum atomic E-state index is 4.37. The van der Waals surface area contributed by atoms with Gasteiger partial charge in [-0.15, -0.1) is 0 Å². The van der Waals surface area contributed by atoms with Gasteiger partial charge in [-0.25, -0.2) is 9.97 Å². The van der Waals surface area contributed by atoms with Gasteiger partial charge in [0.05, 0.1) is 5.69 Å². The van der Waals surface area contributed by atoms with Crippen molar-refractivity contribution in [1.82, 2.24) is 20.6 Å². The summed E-state index contributed by atoms with van der Waals surface area (Å²) in [7, 11) is 0. The maximum Gasteiger partial charge on any atom is 0.134 e. The SMILES string of the molecule is c1nc2c(c(N[C@H]3CCNC3)n1)CNCC2. The molecule has 1 aromatic heterocycles. The van der Waals surface area contributed by atoms with Crippen molar-refractivity contribution < 1.29 is 0 Å². The average Bonchev–Trinajstić information content (AvgIpc) is 2.82. The topological polar surface area (TPSA) is 61.9 Å². The summed E-state index contributed by atoms with van der Waals surface area (Å²) in [5.74, 6) is 1.02. The first-order valence-corrected chi connectivity index (χ1v) is 5.94. The van der Waals surface area contributed by atoms with Crippen LogP contribution >= 0.6 is 0 Å². The average molecular weight is 219 g/mol. The zero-order valence-electron chi connectivity index (χ0n) is 9.29. The summed E-state index contributed by atoms with van der Waals surface area (Å²) in [6.45, 7) is 4.04. The molecule has 0 unspecified atom stereocenters. The number of rotatable bonds is 2. The van der Waals surface area contributed by atoms with Crippen molar-refractivity contribution in [2.24, 2.45) is 0 Å². The number of hydrogen-bond acceptors (Lipinski definition) is 5. The Morgan fingerprint density at radius 2 is 2.25 bits per heavy atom. The van der Waals surface area contributed by atoms with Crippen LogP contribution in [0.2, 0.25) is 0 Å². The second kappa shape index (κ2) is 4.35. The zero-order valence-corrected chi connectivity index (χ0v) is 9.29. The fourth-order valence-corrected chi connectivity index (χ4v) is 2.37. The minimum absolute atomic E-state index is 0.515. The molecule has 0 aromatic carbocycles. The van der Waals surface area contributed by atoms with Gasteiger partial charge in [0.15, 0.2) is 0 Å². The van der Waals surface area contributed by atoms with Gasteiger partial charge in [0.2, 0.25) is 0 Å². The minimum atomic E-state index is 0.515. The first-order chi connectivity index (χ1) is 7.93. The van der Waals surface area contributed by atoms with Gasteiger partial charge >= 0.3 is 0 Å². The summed E-state index contributed by atoms with van der Waals surface area (Å²) in [5.41, 5.74) is 2.45. The van der Waals surface area contributed by atoms with E-state index < -0.39 is 0 Å². The van der Waals surface area contributed by atoms with Gasteiger partial charge in [0, 0.05) is 37.7 Å². The van der Waals surface area contributed by atoms with Crippen LogP contribution in [0.15, 0.2) is 6.33 Å². The van der Waals surface area contributed by atoms with Gasteiger partial charge in [-0.2, -0.15) is 0 Å². The first-order valence-electron chi connectivity index (χ1n) is 5.94. The number of nitrogens with zero attached hydrogens (tertiary/aromatic N) is 2. The van der Waals surface area contributed by atoms with E-state index in [1.165, 1.54) is 17.7 Å². The molecule has 0 radical (unpaired) electrons. The third-order valence-corrected chi connectivity index (χ3v) is 3.28. The number of fused-ring (bicyclic) bond motifs is 1. The Labute approximate surface area is 95.1 Å². The third kappa shape index (κ3) is 1.88. The molecule has 0 amide bonds. The molecule has 0 saturated carbocycles. The van der Waals surface area contributed by atoms with Gasteiger partial charge in [-0.3, -0.25) is 0 Å². The van der Waals surface area contributed by atoms with E-state index in [4.69, 9.17) is 0 Å². The van der Waals surface area contributed by atoms with Crippen LogP contribution in [-0.4, -0.2) is 35.6 Å². The molecule has 0 bridgehead atoms. The van der Waals surface area contributed by atoms with E-state index in [1.807, 2.05) is 0 Å². The quantitative estimate of drug-likeness (QED) is 0.648. The monoisotopic (exact) mass is 219 g/mol. The standard InChI is InChI=1S/C11H17N5/c1-3-12-5-8(1)16-11-9-6-13-4-2-10(9)14-7-15-11/h7-8,12-13H,1-6H2,(H,14,15,16)/t8-/m0/s1. The molecular weight excluding hydrogens is 202 g/mol. The predicted octanol–water partition coefficient (Wildman–Crippen LogP) is -0.104. The van der Waals surface area contributed by atoms with Gasteiger partial charge in [-0.1, -0.05) is 0 Å². The molecule has 1 atom stereocenters. The summed E-state index contributed by atoms with van der Waals surface area (Å²) in [6.07, 6.45) is 3.86. The van der Waals surface area contributed by atoms with Crippen molar-refractivity contribution in [3.63, 3.8) is 0 Å². The van der Waals surface area contributed by atoms with Crippen LogP contribution in [0.3, 0.4) is 0 Å². The second-order valence-corrected chi connectivity index (χ2v) is 4.41. The summed E-state index contributed by atoms with van der Waals surface area (Å²) >= 11 is 0. The Balaban J connectivity index is 1.82. The Morgan fingerprint density at radius 1 is 1.25 bits per heavy atom. The number of hydrogen-bond donors (Lipinski definition) is 3. The Bertz CT molecular complexity index is 373. The van der Waals surface area contributed by atoms with Gasteiger partial charge in [0.25, 0.3) is 0 Å². The lowest BCUT2D eigenvalue weighted by Crippen LogP contribution is -2.29. The predicted molar refractivity (Wildman–Crippen MR) is 62.3 cm³/mol. The van der Waals surface area contributed by atoms with Crippen molar-refractivity contribution in [3.8, 4) is 0 Å². The van der Waals surface area contributed by atoms with Gasteiger partial charge in [0.1, 0.15) is 12.1 Å². The Morgan fingerprint density at radius 3 is 3.12 bits per heavy atom. The molecule has 2 aliphatic rings. The molecule has 0 aliphatic carbocycles. The van der Waals surface area contributed by atoms with Crippen LogP contribution in [0, 0.1) is 0 Å². The number of aromatic nitrogens is 2. The van der Waals surface area contributed by atoms with E-state index in [1.54, 1.807) is 6.33 Å². The Kier molecular flexibility index (Phi) is 2.71. The van der Waals surface area contributed by atoms with E-state index in [0.717, 1.165) is 38.4 Å². The van der Waals surface area contributed by atoms with Gasteiger partial charge < -0.3 is 16.0 Å². The van der Waals surface area contributed by atoms with Crippen molar-refractivity contribution >= 4 is 5.82 Å². The highest BCUT2D eigenvalue weighted by Gasteiger charge is 2.19. The molecule has 16 heavy (non-hydrogen) atoms. The van der Waals surface area contributed by atoms with Crippen LogP contribution in [0.25, 0.3) is 0 Å². The van der Waals surface area contributed by atoms with Crippen molar-refractivity contribution in [1.29, 1.82) is 0 Å². The van der Waals surface area contributed by atoms with E-state index in [2.05, 4.69) is 25.9 Å². The van der Waals surface area contributed by atoms with E-state index in [-0.39, 0.29) is 0 Å². The summed E-state index contributed by atoms with van der Waals surface area (Å²) in [5, 5.41) is 10.2. The highest BCUT2D eigenvalue weighted by Crippen LogP contribution is 2.19. The van der Waals surface area contributed by atoms with Crippen LogP contribution in [0.1, 0.15) is 17.7 Å². The van der Waals surface area contributed by atoms with E-state index in [9.17, 15) is 0 Å². The van der Waals surface area contributed by atoms with Crippen molar-refractivity contribution in [2.45, 2.75) is 25.4 Å². The molecule has 1 aromatic rings.